The highest BCUT2D eigenvalue weighted by Crippen LogP contribution is 2.11. The van der Waals surface area contributed by atoms with Gasteiger partial charge >= 0.3 is 6.09 Å². The van der Waals surface area contributed by atoms with Crippen molar-refractivity contribution in [1.82, 2.24) is 10.6 Å². The number of β-lactam (4-membered cyclic amide) rings is 1. The average Bonchev–Trinajstić information content (AvgIpc) is 2.17. The van der Waals surface area contributed by atoms with E-state index in [4.69, 9.17) is 4.74 Å². The van der Waals surface area contributed by atoms with Gasteiger partial charge in [0.1, 0.15) is 11.6 Å². The Morgan fingerprint density at radius 2 is 2.00 bits per heavy atom. The lowest BCUT2D eigenvalue weighted by Gasteiger charge is -2.36. The molecule has 2 amide bonds. The molecule has 0 bridgehead atoms. The van der Waals surface area contributed by atoms with Crippen LogP contribution >= 0.6 is 0 Å². The summed E-state index contributed by atoms with van der Waals surface area (Å²) in [6.45, 7) is 4.85. The Hall–Kier alpha value is -1.35. The van der Waals surface area contributed by atoms with Crippen LogP contribution in [0.3, 0.4) is 0 Å². The van der Waals surface area contributed by atoms with Crippen molar-refractivity contribution in [2.75, 3.05) is 12.9 Å². The van der Waals surface area contributed by atoms with Crippen LogP contribution in [-0.2, 0) is 23.8 Å². The third kappa shape index (κ3) is 5.43. The van der Waals surface area contributed by atoms with Gasteiger partial charge in [-0.1, -0.05) is 0 Å². The molecule has 0 aromatic carbocycles. The highest BCUT2D eigenvalue weighted by molar-refractivity contribution is 7.85. The molecule has 110 valence electrons. The van der Waals surface area contributed by atoms with E-state index in [0.29, 0.717) is 0 Å². The van der Waals surface area contributed by atoms with Gasteiger partial charge in [-0.15, -0.1) is 0 Å². The van der Waals surface area contributed by atoms with Gasteiger partial charge in [-0.05, 0) is 20.8 Å². The minimum Gasteiger partial charge on any atom is -0.444 e. The summed E-state index contributed by atoms with van der Waals surface area (Å²) >= 11 is 0. The number of nitrogens with one attached hydrogen (secondary N) is 2. The van der Waals surface area contributed by atoms with Gasteiger partial charge in [-0.25, -0.2) is 4.79 Å². The van der Waals surface area contributed by atoms with Crippen LogP contribution in [0.5, 0.6) is 0 Å². The normalized spacial score (nSPS) is 23.3. The number of amides is 2. The van der Waals surface area contributed by atoms with Gasteiger partial charge in [-0.2, -0.15) is 8.42 Å². The minimum atomic E-state index is -3.59. The third-order valence-electron chi connectivity index (χ3n) is 2.15. The molecule has 8 nitrogen and oxygen atoms in total. The van der Waals surface area contributed by atoms with E-state index in [1.54, 1.807) is 20.8 Å². The van der Waals surface area contributed by atoms with Gasteiger partial charge in [0, 0.05) is 0 Å². The van der Waals surface area contributed by atoms with Gasteiger partial charge in [0.25, 0.3) is 10.1 Å². The fraction of sp³-hybridized carbons (Fsp3) is 0.800. The van der Waals surface area contributed by atoms with Crippen molar-refractivity contribution < 1.29 is 26.9 Å². The van der Waals surface area contributed by atoms with E-state index in [9.17, 15) is 18.0 Å². The summed E-state index contributed by atoms with van der Waals surface area (Å²) in [5, 5.41) is 4.80. The van der Waals surface area contributed by atoms with Crippen LogP contribution in [-0.4, -0.2) is 51.0 Å². The summed E-state index contributed by atoms with van der Waals surface area (Å²) in [5.41, 5.74) is -0.678. The topological polar surface area (TPSA) is 111 Å². The maximum Gasteiger partial charge on any atom is 0.408 e. The smallest absolute Gasteiger partial charge is 0.408 e. The molecule has 1 aliphatic heterocycles. The summed E-state index contributed by atoms with van der Waals surface area (Å²) in [4.78, 5) is 22.8. The van der Waals surface area contributed by atoms with Crippen LogP contribution in [0.25, 0.3) is 0 Å². The van der Waals surface area contributed by atoms with E-state index in [2.05, 4.69) is 14.8 Å². The zero-order valence-corrected chi connectivity index (χ0v) is 12.0. The van der Waals surface area contributed by atoms with Crippen LogP contribution in [0, 0.1) is 0 Å². The Labute approximate surface area is 112 Å². The second-order valence-corrected chi connectivity index (χ2v) is 6.87. The maximum absolute atomic E-state index is 11.5. The van der Waals surface area contributed by atoms with E-state index >= 15 is 0 Å². The molecule has 19 heavy (non-hydrogen) atoms. The molecular formula is C10H18N2O6S. The number of alkyl carbamates (subject to hydrolysis) is 1. The lowest BCUT2D eigenvalue weighted by Crippen LogP contribution is -2.70. The van der Waals surface area contributed by atoms with Crippen LogP contribution in [0.1, 0.15) is 20.8 Å². The predicted octanol–water partition coefficient (Wildman–Crippen LogP) is -0.646. The van der Waals surface area contributed by atoms with Crippen molar-refractivity contribution in [2.45, 2.75) is 38.5 Å². The van der Waals surface area contributed by atoms with Crippen LogP contribution in [0.15, 0.2) is 0 Å². The van der Waals surface area contributed by atoms with Crippen LogP contribution in [0.2, 0.25) is 0 Å². The number of hydrogen-bond acceptors (Lipinski definition) is 6. The second-order valence-electron chi connectivity index (χ2n) is 5.23. The zero-order valence-electron chi connectivity index (χ0n) is 11.2. The number of carbonyl (C=O) groups is 2. The molecule has 1 fully saturated rings. The summed E-state index contributed by atoms with van der Waals surface area (Å²) < 4.78 is 31.2. The fourth-order valence-electron chi connectivity index (χ4n) is 1.38. The molecule has 0 aliphatic carbocycles. The van der Waals surface area contributed by atoms with Gasteiger partial charge < -0.3 is 15.4 Å². The summed E-state index contributed by atoms with van der Waals surface area (Å²) in [7, 11) is -3.59. The van der Waals surface area contributed by atoms with Crippen molar-refractivity contribution in [2.24, 2.45) is 0 Å². The minimum absolute atomic E-state index is 0.231. The Kier molecular flexibility index (Phi) is 4.41. The first-order valence-electron chi connectivity index (χ1n) is 5.62. The summed E-state index contributed by atoms with van der Waals surface area (Å²) in [5.74, 6) is -0.409. The van der Waals surface area contributed by atoms with E-state index in [0.717, 1.165) is 6.26 Å². The molecule has 0 radical (unpaired) electrons. The van der Waals surface area contributed by atoms with Gasteiger partial charge in [-0.3, -0.25) is 8.98 Å². The number of carbonyl (C=O) groups excluding carboxylic acids is 2. The molecule has 0 saturated carbocycles. The molecule has 9 heteroatoms. The van der Waals surface area contributed by atoms with E-state index < -0.39 is 39.8 Å². The van der Waals surface area contributed by atoms with Gasteiger partial charge in [0.15, 0.2) is 0 Å². The molecule has 2 N–H and O–H groups in total. The molecule has 1 heterocycles. The predicted molar refractivity (Wildman–Crippen MR) is 65.9 cm³/mol. The molecule has 2 atom stereocenters. The number of rotatable bonds is 4. The SMILES string of the molecule is CC(C)(C)OC(=O)N[C@@H]1C(=O)N[C@@H]1COS(C)(=O)=O. The van der Waals surface area contributed by atoms with Gasteiger partial charge in [0.05, 0.1) is 18.9 Å². The monoisotopic (exact) mass is 294 g/mol. The highest BCUT2D eigenvalue weighted by Gasteiger charge is 2.41. The molecule has 1 rings (SSSR count). The number of hydrogen-bond donors (Lipinski definition) is 2. The first-order chi connectivity index (χ1) is 8.48. The van der Waals surface area contributed by atoms with Crippen molar-refractivity contribution >= 4 is 22.1 Å². The first-order valence-corrected chi connectivity index (χ1v) is 7.44. The van der Waals surface area contributed by atoms with Crippen molar-refractivity contribution in [3.05, 3.63) is 0 Å². The summed E-state index contributed by atoms with van der Waals surface area (Å²) in [6.07, 6.45) is 0.167. The Morgan fingerprint density at radius 1 is 1.42 bits per heavy atom. The first kappa shape index (κ1) is 15.7. The Morgan fingerprint density at radius 3 is 2.42 bits per heavy atom. The van der Waals surface area contributed by atoms with Crippen LogP contribution < -0.4 is 10.6 Å². The molecule has 0 spiro atoms. The molecule has 1 aliphatic rings. The Bertz CT molecular complexity index is 467. The van der Waals surface area contributed by atoms with E-state index in [1.807, 2.05) is 0 Å². The third-order valence-corrected chi connectivity index (χ3v) is 2.71. The molecule has 1 saturated heterocycles. The maximum atomic E-state index is 11.5. The lowest BCUT2D eigenvalue weighted by molar-refractivity contribution is -0.132. The zero-order chi connectivity index (χ0) is 14.8. The quantitative estimate of drug-likeness (QED) is 0.527. The second kappa shape index (κ2) is 5.33. The lowest BCUT2D eigenvalue weighted by atomic mass is 10.0. The molecule has 0 aromatic heterocycles. The molecular weight excluding hydrogens is 276 g/mol. The van der Waals surface area contributed by atoms with E-state index in [1.165, 1.54) is 0 Å². The highest BCUT2D eigenvalue weighted by atomic mass is 32.2. The number of ether oxygens (including phenoxy) is 1. The van der Waals surface area contributed by atoms with Crippen LogP contribution in [0.4, 0.5) is 4.79 Å². The van der Waals surface area contributed by atoms with E-state index in [-0.39, 0.29) is 6.61 Å². The largest absolute Gasteiger partial charge is 0.444 e. The Balaban J connectivity index is 2.47. The average molecular weight is 294 g/mol. The summed E-state index contributed by atoms with van der Waals surface area (Å²) in [6, 6.07) is -1.44. The van der Waals surface area contributed by atoms with Crippen molar-refractivity contribution in [1.29, 1.82) is 0 Å². The van der Waals surface area contributed by atoms with Crippen molar-refractivity contribution in [3.8, 4) is 0 Å². The molecule has 0 aromatic rings. The molecule has 0 unspecified atom stereocenters. The standard InChI is InChI=1S/C10H18N2O6S/c1-10(2,3)18-9(14)12-7-6(11-8(7)13)5-17-19(4,15)16/h6-7H,5H2,1-4H3,(H,11,13)(H,12,14)/t6-,7+/m1/s1. The van der Waals surface area contributed by atoms with Crippen molar-refractivity contribution in [3.63, 3.8) is 0 Å². The van der Waals surface area contributed by atoms with Gasteiger partial charge in [0.2, 0.25) is 5.91 Å². The fourth-order valence-corrected chi connectivity index (χ4v) is 1.77.